The minimum absolute atomic E-state index is 0.00741. The van der Waals surface area contributed by atoms with Crippen LogP contribution < -0.4 is 4.74 Å². The van der Waals surface area contributed by atoms with E-state index >= 15 is 0 Å². The molecule has 3 aromatic carbocycles. The molecule has 0 heterocycles. The summed E-state index contributed by atoms with van der Waals surface area (Å²) < 4.78 is 11.7. The molecule has 0 spiro atoms. The molecule has 0 unspecified atom stereocenters. The summed E-state index contributed by atoms with van der Waals surface area (Å²) in [5.41, 5.74) is 3.84. The van der Waals surface area contributed by atoms with Gasteiger partial charge in [-0.25, -0.2) is 4.79 Å². The van der Waals surface area contributed by atoms with Crippen molar-refractivity contribution >= 4 is 11.8 Å². The Kier molecular flexibility index (Phi) is 9.48. The largest absolute Gasteiger partial charge is 0.507 e. The topological polar surface area (TPSA) is 93.1 Å². The molecular formula is C31H36O6. The zero-order valence-electron chi connectivity index (χ0n) is 22.0. The van der Waals surface area contributed by atoms with Crippen LogP contribution in [0.3, 0.4) is 0 Å². The number of carboxylic acid groups (broad SMARTS) is 1. The summed E-state index contributed by atoms with van der Waals surface area (Å²) in [5, 5.41) is 19.7. The van der Waals surface area contributed by atoms with Gasteiger partial charge in [-0.15, -0.1) is 0 Å². The highest BCUT2D eigenvalue weighted by atomic mass is 16.5. The van der Waals surface area contributed by atoms with E-state index < -0.39 is 5.97 Å². The lowest BCUT2D eigenvalue weighted by molar-refractivity contribution is 0.0696. The zero-order valence-corrected chi connectivity index (χ0v) is 22.0. The van der Waals surface area contributed by atoms with Gasteiger partial charge in [0.25, 0.3) is 0 Å². The summed E-state index contributed by atoms with van der Waals surface area (Å²) in [6.07, 6.45) is 1.96. The number of carboxylic acids is 1. The monoisotopic (exact) mass is 504 g/mol. The van der Waals surface area contributed by atoms with Crippen molar-refractivity contribution in [1.82, 2.24) is 0 Å². The Morgan fingerprint density at radius 3 is 2.27 bits per heavy atom. The van der Waals surface area contributed by atoms with Gasteiger partial charge in [-0.3, -0.25) is 4.79 Å². The van der Waals surface area contributed by atoms with Gasteiger partial charge in [-0.1, -0.05) is 51.1 Å². The first-order valence-corrected chi connectivity index (χ1v) is 12.5. The third-order valence-electron chi connectivity index (χ3n) is 5.95. The number of aromatic hydroxyl groups is 1. The molecule has 6 nitrogen and oxygen atoms in total. The van der Waals surface area contributed by atoms with Crippen LogP contribution >= 0.6 is 0 Å². The summed E-state index contributed by atoms with van der Waals surface area (Å²) in [6.45, 7) is 9.27. The normalized spacial score (nSPS) is 11.4. The number of hydrogen-bond donors (Lipinski definition) is 2. The molecule has 6 heteroatoms. The van der Waals surface area contributed by atoms with E-state index in [-0.39, 0.29) is 22.5 Å². The van der Waals surface area contributed by atoms with Crippen LogP contribution in [0.1, 0.15) is 71.9 Å². The molecular weight excluding hydrogens is 468 g/mol. The van der Waals surface area contributed by atoms with Gasteiger partial charge in [0.15, 0.2) is 5.78 Å². The van der Waals surface area contributed by atoms with E-state index in [0.29, 0.717) is 43.1 Å². The number of rotatable bonds is 12. The number of carbonyl (C=O) groups is 2. The maximum atomic E-state index is 12.5. The van der Waals surface area contributed by atoms with Crippen LogP contribution in [-0.4, -0.2) is 35.2 Å². The predicted octanol–water partition coefficient (Wildman–Crippen LogP) is 7.06. The molecule has 0 atom stereocenters. The second kappa shape index (κ2) is 12.5. The second-order valence-corrected chi connectivity index (χ2v) is 10.4. The average Bonchev–Trinajstić information content (AvgIpc) is 2.85. The van der Waals surface area contributed by atoms with E-state index in [4.69, 9.17) is 9.47 Å². The number of phenols is 1. The van der Waals surface area contributed by atoms with Gasteiger partial charge in [0.05, 0.1) is 24.3 Å². The fourth-order valence-corrected chi connectivity index (χ4v) is 3.99. The Labute approximate surface area is 218 Å². The van der Waals surface area contributed by atoms with Gasteiger partial charge in [0, 0.05) is 18.6 Å². The highest BCUT2D eigenvalue weighted by Gasteiger charge is 2.21. The molecule has 0 fully saturated rings. The van der Waals surface area contributed by atoms with Crippen molar-refractivity contribution in [1.29, 1.82) is 0 Å². The first kappa shape index (κ1) is 27.9. The molecule has 0 saturated carbocycles. The van der Waals surface area contributed by atoms with Gasteiger partial charge in [-0.05, 0) is 72.2 Å². The minimum atomic E-state index is -0.944. The van der Waals surface area contributed by atoms with Crippen molar-refractivity contribution in [3.8, 4) is 22.6 Å². The van der Waals surface area contributed by atoms with Crippen LogP contribution in [0, 0.1) is 12.3 Å². The molecule has 3 rings (SSSR count). The van der Waals surface area contributed by atoms with Gasteiger partial charge in [0.2, 0.25) is 0 Å². The maximum absolute atomic E-state index is 12.5. The van der Waals surface area contributed by atoms with Crippen molar-refractivity contribution < 1.29 is 29.3 Å². The van der Waals surface area contributed by atoms with Crippen LogP contribution in [-0.2, 0) is 11.3 Å². The fraction of sp³-hybridized carbons (Fsp3) is 0.355. The Morgan fingerprint density at radius 2 is 1.57 bits per heavy atom. The zero-order chi connectivity index (χ0) is 27.0. The number of ether oxygens (including phenoxy) is 2. The number of ketones is 1. The first-order chi connectivity index (χ1) is 17.5. The van der Waals surface area contributed by atoms with Gasteiger partial charge in [-0.2, -0.15) is 0 Å². The van der Waals surface area contributed by atoms with Crippen LogP contribution in [0.5, 0.6) is 11.5 Å². The summed E-state index contributed by atoms with van der Waals surface area (Å²) in [4.78, 5) is 23.7. The van der Waals surface area contributed by atoms with E-state index in [1.165, 1.54) is 0 Å². The van der Waals surface area contributed by atoms with Crippen LogP contribution in [0.2, 0.25) is 0 Å². The lowest BCUT2D eigenvalue weighted by Crippen LogP contribution is -2.13. The smallest absolute Gasteiger partial charge is 0.335 e. The Balaban J connectivity index is 1.43. The van der Waals surface area contributed by atoms with Crippen molar-refractivity contribution in [2.24, 2.45) is 5.41 Å². The van der Waals surface area contributed by atoms with E-state index in [9.17, 15) is 19.8 Å². The quantitative estimate of drug-likeness (QED) is 0.203. The van der Waals surface area contributed by atoms with Gasteiger partial charge >= 0.3 is 5.97 Å². The summed E-state index contributed by atoms with van der Waals surface area (Å²) in [7, 11) is 0. The number of unbranched alkanes of at least 4 members (excludes halogenated alkanes) is 1. The Morgan fingerprint density at radius 1 is 0.892 bits per heavy atom. The number of benzene rings is 3. The molecule has 3 aromatic rings. The molecule has 0 saturated heterocycles. The molecule has 0 aromatic heterocycles. The number of carbonyl (C=O) groups excluding carboxylic acids is 1. The number of phenolic OH excluding ortho intramolecular Hbond substituents is 1. The summed E-state index contributed by atoms with van der Waals surface area (Å²) >= 11 is 0. The molecule has 0 aliphatic carbocycles. The summed E-state index contributed by atoms with van der Waals surface area (Å²) in [5.74, 6) is -0.446. The van der Waals surface area contributed by atoms with Gasteiger partial charge in [0.1, 0.15) is 11.5 Å². The van der Waals surface area contributed by atoms with Crippen molar-refractivity contribution in [2.45, 2.75) is 53.6 Å². The highest BCUT2D eigenvalue weighted by Crippen LogP contribution is 2.33. The molecule has 0 aliphatic heterocycles. The number of Topliss-reactive ketones (excluding diaryl/α,β-unsaturated/α-hetero) is 1. The fourth-order valence-electron chi connectivity index (χ4n) is 3.99. The van der Waals surface area contributed by atoms with Crippen LogP contribution in [0.25, 0.3) is 11.1 Å². The molecule has 0 aliphatic rings. The van der Waals surface area contributed by atoms with Crippen molar-refractivity contribution in [2.75, 3.05) is 13.2 Å². The molecule has 0 bridgehead atoms. The van der Waals surface area contributed by atoms with Crippen LogP contribution in [0.4, 0.5) is 0 Å². The SMILES string of the molecule is Cc1c(OCCCCOCc2cccc(-c3cccc(C(=O)O)c3)c2)ccc(C(=O)CC(C)(C)C)c1O. The number of aromatic carboxylic acids is 1. The average molecular weight is 505 g/mol. The summed E-state index contributed by atoms with van der Waals surface area (Å²) in [6, 6.07) is 18.2. The Hall–Kier alpha value is -3.64. The second-order valence-electron chi connectivity index (χ2n) is 10.4. The van der Waals surface area contributed by atoms with Gasteiger partial charge < -0.3 is 19.7 Å². The van der Waals surface area contributed by atoms with Crippen molar-refractivity contribution in [3.05, 3.63) is 82.9 Å². The Bertz CT molecular complexity index is 1240. The number of hydrogen-bond acceptors (Lipinski definition) is 5. The first-order valence-electron chi connectivity index (χ1n) is 12.5. The van der Waals surface area contributed by atoms with E-state index in [1.807, 2.05) is 51.1 Å². The lowest BCUT2D eigenvalue weighted by Gasteiger charge is -2.18. The highest BCUT2D eigenvalue weighted by molar-refractivity contribution is 5.99. The molecule has 0 amide bonds. The molecule has 0 radical (unpaired) electrons. The molecule has 196 valence electrons. The molecule has 2 N–H and O–H groups in total. The molecule has 37 heavy (non-hydrogen) atoms. The lowest BCUT2D eigenvalue weighted by atomic mass is 9.87. The maximum Gasteiger partial charge on any atom is 0.335 e. The van der Waals surface area contributed by atoms with E-state index in [1.54, 1.807) is 37.3 Å². The van der Waals surface area contributed by atoms with Crippen LogP contribution in [0.15, 0.2) is 60.7 Å². The van der Waals surface area contributed by atoms with Crippen molar-refractivity contribution in [3.63, 3.8) is 0 Å². The third-order valence-corrected chi connectivity index (χ3v) is 5.95. The van der Waals surface area contributed by atoms with E-state index in [2.05, 4.69) is 0 Å². The third kappa shape index (κ3) is 8.19. The minimum Gasteiger partial charge on any atom is -0.507 e. The van der Waals surface area contributed by atoms with E-state index in [0.717, 1.165) is 29.5 Å². The standard InChI is InChI=1S/C31H36O6/c1-21-28(14-13-26(29(21)33)27(32)19-31(2,3)4)37-16-6-5-15-36-20-22-9-7-10-23(17-22)24-11-8-12-25(18-24)30(34)35/h7-14,17-18,33H,5-6,15-16,19-20H2,1-4H3,(H,34,35). The predicted molar refractivity (Wildman–Crippen MR) is 144 cm³/mol.